The molecule has 3 rings (SSSR count). The Labute approximate surface area is 142 Å². The fourth-order valence-electron chi connectivity index (χ4n) is 4.11. The van der Waals surface area contributed by atoms with Gasteiger partial charge in [0.05, 0.1) is 5.92 Å². The second-order valence-electron chi connectivity index (χ2n) is 7.07. The van der Waals surface area contributed by atoms with Crippen molar-refractivity contribution in [1.82, 2.24) is 0 Å². The number of nitrogens with one attached hydrogen (secondary N) is 1. The second-order valence-corrected chi connectivity index (χ2v) is 7.07. The van der Waals surface area contributed by atoms with Crippen molar-refractivity contribution < 1.29 is 14.7 Å². The summed E-state index contributed by atoms with van der Waals surface area (Å²) in [5, 5.41) is 14.6. The van der Waals surface area contributed by atoms with Crippen LogP contribution in [-0.4, -0.2) is 11.9 Å². The van der Waals surface area contributed by atoms with E-state index < -0.39 is 17.8 Å². The maximum Gasteiger partial charge on any atom is 0.229 e. The quantitative estimate of drug-likeness (QED) is 0.868. The number of allylic oxidation sites excluding steroid dienone is 4. The predicted molar refractivity (Wildman–Crippen MR) is 91.0 cm³/mol. The third-order valence-corrected chi connectivity index (χ3v) is 5.21. The lowest BCUT2D eigenvalue weighted by molar-refractivity contribution is -0.313. The van der Waals surface area contributed by atoms with Crippen LogP contribution in [0, 0.1) is 37.5 Å². The van der Waals surface area contributed by atoms with E-state index in [0.29, 0.717) is 0 Å². The predicted octanol–water partition coefficient (Wildman–Crippen LogP) is 2.38. The van der Waals surface area contributed by atoms with E-state index in [1.54, 1.807) is 0 Å². The zero-order valence-corrected chi connectivity index (χ0v) is 14.4. The van der Waals surface area contributed by atoms with Crippen LogP contribution in [0.3, 0.4) is 0 Å². The molecule has 4 heteroatoms. The highest BCUT2D eigenvalue weighted by atomic mass is 16.4. The molecule has 1 amide bonds. The number of carbonyl (C=O) groups is 2. The third-order valence-electron chi connectivity index (χ3n) is 5.21. The molecule has 2 aliphatic carbocycles. The Morgan fingerprint density at radius 2 is 1.67 bits per heavy atom. The standard InChI is InChI=1S/C20H23NO3/c1-10(2)16-13-7-8-14(16)18(20(23)24)17(13)19(22)21-15-9-11(3)5-6-12(15)4/h5-9,13-14,17-18H,1-4H3,(H,21,22)(H,23,24)/p-1/t13-,14+,17+,18-/m0/s1. The molecule has 1 fully saturated rings. The first-order valence-electron chi connectivity index (χ1n) is 8.26. The number of hydrogen-bond acceptors (Lipinski definition) is 3. The highest BCUT2D eigenvalue weighted by Crippen LogP contribution is 2.53. The smallest absolute Gasteiger partial charge is 0.229 e. The van der Waals surface area contributed by atoms with Crippen LogP contribution in [0.2, 0.25) is 0 Å². The molecule has 4 nitrogen and oxygen atoms in total. The van der Waals surface area contributed by atoms with Crippen LogP contribution >= 0.6 is 0 Å². The number of carboxylic acids is 1. The summed E-state index contributed by atoms with van der Waals surface area (Å²) in [5.41, 5.74) is 4.89. The van der Waals surface area contributed by atoms with Crippen molar-refractivity contribution in [2.75, 3.05) is 5.32 Å². The number of aliphatic carboxylic acids is 1. The summed E-state index contributed by atoms with van der Waals surface area (Å²) >= 11 is 0. The van der Waals surface area contributed by atoms with Gasteiger partial charge in [0.25, 0.3) is 0 Å². The molecule has 0 heterocycles. The first-order valence-corrected chi connectivity index (χ1v) is 8.26. The molecule has 24 heavy (non-hydrogen) atoms. The average Bonchev–Trinajstić information content (AvgIpc) is 3.06. The highest BCUT2D eigenvalue weighted by molar-refractivity contribution is 5.97. The Hall–Kier alpha value is -2.36. The summed E-state index contributed by atoms with van der Waals surface area (Å²) in [7, 11) is 0. The van der Waals surface area contributed by atoms with E-state index in [-0.39, 0.29) is 17.7 Å². The normalized spacial score (nSPS) is 27.4. The third kappa shape index (κ3) is 2.56. The molecule has 1 aromatic rings. The van der Waals surface area contributed by atoms with Crippen molar-refractivity contribution in [2.45, 2.75) is 27.7 Å². The molecule has 1 saturated carbocycles. The fraction of sp³-hybridized carbons (Fsp3) is 0.400. The van der Waals surface area contributed by atoms with Gasteiger partial charge in [0.15, 0.2) is 0 Å². The molecule has 0 aliphatic heterocycles. The molecule has 1 N–H and O–H groups in total. The van der Waals surface area contributed by atoms with Crippen molar-refractivity contribution in [3.05, 3.63) is 52.6 Å². The molecule has 2 aliphatic rings. The van der Waals surface area contributed by atoms with E-state index in [1.807, 2.05) is 58.0 Å². The Morgan fingerprint density at radius 3 is 2.25 bits per heavy atom. The minimum atomic E-state index is -1.15. The lowest BCUT2D eigenvalue weighted by Crippen LogP contribution is -2.42. The number of aryl methyl sites for hydroxylation is 2. The van der Waals surface area contributed by atoms with Gasteiger partial charge in [0.2, 0.25) is 5.91 Å². The van der Waals surface area contributed by atoms with Crippen LogP contribution in [0.4, 0.5) is 5.69 Å². The topological polar surface area (TPSA) is 69.2 Å². The highest BCUT2D eigenvalue weighted by Gasteiger charge is 2.52. The van der Waals surface area contributed by atoms with Crippen LogP contribution in [0.15, 0.2) is 41.5 Å². The molecule has 0 radical (unpaired) electrons. The molecular weight excluding hydrogens is 302 g/mol. The average molecular weight is 324 g/mol. The Balaban J connectivity index is 1.94. The summed E-state index contributed by atoms with van der Waals surface area (Å²) in [6, 6.07) is 5.84. The van der Waals surface area contributed by atoms with Gasteiger partial charge < -0.3 is 15.2 Å². The number of hydrogen-bond donors (Lipinski definition) is 1. The number of benzene rings is 1. The van der Waals surface area contributed by atoms with Gasteiger partial charge in [0.1, 0.15) is 0 Å². The molecule has 0 aromatic heterocycles. The van der Waals surface area contributed by atoms with Crippen LogP contribution in [0.5, 0.6) is 0 Å². The fourth-order valence-corrected chi connectivity index (χ4v) is 4.11. The molecule has 4 atom stereocenters. The van der Waals surface area contributed by atoms with Gasteiger partial charge in [0, 0.05) is 29.4 Å². The molecule has 0 unspecified atom stereocenters. The molecule has 0 spiro atoms. The molecule has 1 aromatic carbocycles. The number of fused-ring (bicyclic) bond motifs is 2. The first kappa shape index (κ1) is 16.5. The number of rotatable bonds is 3. The number of amides is 1. The molecule has 126 valence electrons. The van der Waals surface area contributed by atoms with Gasteiger partial charge in [-0.3, -0.25) is 4.79 Å². The van der Waals surface area contributed by atoms with Gasteiger partial charge in [-0.15, -0.1) is 0 Å². The van der Waals surface area contributed by atoms with Gasteiger partial charge in [-0.05, 0) is 44.9 Å². The van der Waals surface area contributed by atoms with E-state index in [4.69, 9.17) is 0 Å². The largest absolute Gasteiger partial charge is 0.550 e. The van der Waals surface area contributed by atoms with Crippen LogP contribution in [0.1, 0.15) is 25.0 Å². The zero-order chi connectivity index (χ0) is 17.6. The lowest BCUT2D eigenvalue weighted by atomic mass is 9.82. The molecule has 0 saturated heterocycles. The van der Waals surface area contributed by atoms with Crippen LogP contribution in [-0.2, 0) is 9.59 Å². The van der Waals surface area contributed by atoms with E-state index >= 15 is 0 Å². The van der Waals surface area contributed by atoms with E-state index in [2.05, 4.69) is 5.32 Å². The van der Waals surface area contributed by atoms with E-state index in [0.717, 1.165) is 28.0 Å². The van der Waals surface area contributed by atoms with Crippen molar-refractivity contribution in [3.8, 4) is 0 Å². The summed E-state index contributed by atoms with van der Waals surface area (Å²) in [6.07, 6.45) is 3.88. The van der Waals surface area contributed by atoms with Crippen molar-refractivity contribution in [3.63, 3.8) is 0 Å². The van der Waals surface area contributed by atoms with E-state index in [9.17, 15) is 14.7 Å². The lowest BCUT2D eigenvalue weighted by Gasteiger charge is -2.27. The summed E-state index contributed by atoms with van der Waals surface area (Å²) in [4.78, 5) is 24.6. The van der Waals surface area contributed by atoms with Crippen molar-refractivity contribution in [1.29, 1.82) is 0 Å². The maximum atomic E-state index is 12.9. The number of carbonyl (C=O) groups excluding carboxylic acids is 2. The second kappa shape index (κ2) is 5.93. The van der Waals surface area contributed by atoms with Crippen molar-refractivity contribution >= 4 is 17.6 Å². The van der Waals surface area contributed by atoms with E-state index in [1.165, 1.54) is 0 Å². The van der Waals surface area contributed by atoms with Gasteiger partial charge in [-0.1, -0.05) is 35.4 Å². The Bertz CT molecular complexity index is 771. The Morgan fingerprint density at radius 1 is 1.04 bits per heavy atom. The van der Waals surface area contributed by atoms with Gasteiger partial charge in [-0.25, -0.2) is 0 Å². The number of anilines is 1. The van der Waals surface area contributed by atoms with Crippen molar-refractivity contribution in [2.24, 2.45) is 23.7 Å². The minimum Gasteiger partial charge on any atom is -0.550 e. The Kier molecular flexibility index (Phi) is 4.08. The molecule has 2 bridgehead atoms. The monoisotopic (exact) mass is 324 g/mol. The summed E-state index contributed by atoms with van der Waals surface area (Å²) in [5.74, 6) is -3.17. The van der Waals surface area contributed by atoms with Gasteiger partial charge >= 0.3 is 0 Å². The zero-order valence-electron chi connectivity index (χ0n) is 14.4. The minimum absolute atomic E-state index is 0.145. The number of carboxylic acid groups (broad SMARTS) is 1. The first-order chi connectivity index (χ1) is 11.3. The summed E-state index contributed by atoms with van der Waals surface area (Å²) in [6.45, 7) is 7.83. The SMILES string of the molecule is CC(C)=C1[C@H]2C=C[C@@H]1[C@@H](C(=O)Nc1cc(C)ccc1C)[C@H]2C(=O)[O-]. The maximum absolute atomic E-state index is 12.9. The molecular formula is C20H22NO3-. The summed E-state index contributed by atoms with van der Waals surface area (Å²) < 4.78 is 0. The van der Waals surface area contributed by atoms with Gasteiger partial charge in [-0.2, -0.15) is 0 Å². The van der Waals surface area contributed by atoms with Crippen LogP contribution < -0.4 is 10.4 Å². The van der Waals surface area contributed by atoms with Crippen LogP contribution in [0.25, 0.3) is 0 Å².